The van der Waals surface area contributed by atoms with Crippen LogP contribution >= 0.6 is 0 Å². The molecule has 0 aromatic heterocycles. The molecule has 0 bridgehead atoms. The number of nitrogens with zero attached hydrogens (tertiary/aromatic N) is 1. The Labute approximate surface area is 97.8 Å². The van der Waals surface area contributed by atoms with Crippen LogP contribution < -0.4 is 16.6 Å². The van der Waals surface area contributed by atoms with Gasteiger partial charge in [-0.1, -0.05) is 25.7 Å². The fraction of sp³-hybridized carbons (Fsp3) is 0.909. The molecule has 1 fully saturated rings. The average molecular weight is 228 g/mol. The Morgan fingerprint density at radius 3 is 2.81 bits per heavy atom. The van der Waals surface area contributed by atoms with Gasteiger partial charge in [0.05, 0.1) is 6.61 Å². The summed E-state index contributed by atoms with van der Waals surface area (Å²) in [5, 5.41) is 3.08. The third kappa shape index (κ3) is 5.32. The van der Waals surface area contributed by atoms with E-state index in [0.717, 1.165) is 19.0 Å². The van der Waals surface area contributed by atoms with Crippen molar-refractivity contribution in [2.75, 3.05) is 26.8 Å². The van der Waals surface area contributed by atoms with Crippen LogP contribution in [0.4, 0.5) is 0 Å². The molecule has 94 valence electrons. The van der Waals surface area contributed by atoms with E-state index in [-0.39, 0.29) is 0 Å². The van der Waals surface area contributed by atoms with Crippen molar-refractivity contribution in [1.29, 1.82) is 0 Å². The lowest BCUT2D eigenvalue weighted by molar-refractivity contribution is 0.203. The summed E-state index contributed by atoms with van der Waals surface area (Å²) in [6.07, 6.45) is 6.71. The molecule has 1 aliphatic rings. The van der Waals surface area contributed by atoms with Gasteiger partial charge >= 0.3 is 0 Å². The van der Waals surface area contributed by atoms with Gasteiger partial charge in [0.1, 0.15) is 0 Å². The minimum absolute atomic E-state index is 0.656. The molecule has 0 unspecified atom stereocenters. The molecule has 5 nitrogen and oxygen atoms in total. The van der Waals surface area contributed by atoms with Crippen molar-refractivity contribution in [3.63, 3.8) is 0 Å². The average Bonchev–Trinajstić information content (AvgIpc) is 2.80. The quantitative estimate of drug-likeness (QED) is 0.205. The van der Waals surface area contributed by atoms with E-state index >= 15 is 0 Å². The van der Waals surface area contributed by atoms with Gasteiger partial charge in [-0.3, -0.25) is 10.4 Å². The lowest BCUT2D eigenvalue weighted by Crippen LogP contribution is -2.42. The van der Waals surface area contributed by atoms with Crippen LogP contribution in [0, 0.1) is 5.92 Å². The van der Waals surface area contributed by atoms with Crippen LogP contribution in [-0.4, -0.2) is 32.8 Å². The summed E-state index contributed by atoms with van der Waals surface area (Å²) < 4.78 is 4.94. The molecule has 0 amide bonds. The molecule has 0 heterocycles. The number of nitrogens with two attached hydrogens (primary N) is 1. The van der Waals surface area contributed by atoms with E-state index in [2.05, 4.69) is 15.7 Å². The largest absolute Gasteiger partial charge is 0.383 e. The van der Waals surface area contributed by atoms with Crippen molar-refractivity contribution in [2.24, 2.45) is 16.8 Å². The zero-order chi connectivity index (χ0) is 11.6. The van der Waals surface area contributed by atoms with E-state index in [1.165, 1.54) is 32.1 Å². The maximum atomic E-state index is 5.37. The summed E-state index contributed by atoms with van der Waals surface area (Å²) in [5.41, 5.74) is 2.57. The zero-order valence-electron chi connectivity index (χ0n) is 10.2. The SMILES string of the molecule is COCCNC(=NCCC1CCCC1)NN. The van der Waals surface area contributed by atoms with Gasteiger partial charge in [-0.2, -0.15) is 0 Å². The molecule has 0 saturated heterocycles. The highest BCUT2D eigenvalue weighted by atomic mass is 16.5. The standard InChI is InChI=1S/C11H24N4O/c1-16-9-8-14-11(15-12)13-7-6-10-4-2-3-5-10/h10H,2-9,12H2,1H3,(H2,13,14,15). The van der Waals surface area contributed by atoms with Crippen molar-refractivity contribution in [3.8, 4) is 0 Å². The van der Waals surface area contributed by atoms with Gasteiger partial charge in [0.25, 0.3) is 0 Å². The number of hydrogen-bond acceptors (Lipinski definition) is 3. The number of ether oxygens (including phenoxy) is 1. The second-order valence-electron chi connectivity index (χ2n) is 4.23. The Hall–Kier alpha value is -0.810. The first-order valence-electron chi connectivity index (χ1n) is 6.10. The van der Waals surface area contributed by atoms with Crippen LogP contribution in [0.3, 0.4) is 0 Å². The minimum Gasteiger partial charge on any atom is -0.383 e. The molecule has 1 aliphatic carbocycles. The summed E-state index contributed by atoms with van der Waals surface area (Å²) in [5.74, 6) is 6.90. The fourth-order valence-electron chi connectivity index (χ4n) is 2.08. The van der Waals surface area contributed by atoms with Crippen molar-refractivity contribution in [2.45, 2.75) is 32.1 Å². The molecule has 1 saturated carbocycles. The van der Waals surface area contributed by atoms with E-state index in [4.69, 9.17) is 10.6 Å². The molecule has 16 heavy (non-hydrogen) atoms. The first-order valence-corrected chi connectivity index (χ1v) is 6.10. The van der Waals surface area contributed by atoms with Crippen LogP contribution in [0.5, 0.6) is 0 Å². The highest BCUT2D eigenvalue weighted by molar-refractivity contribution is 5.79. The van der Waals surface area contributed by atoms with Crippen molar-refractivity contribution in [3.05, 3.63) is 0 Å². The predicted octanol–water partition coefficient (Wildman–Crippen LogP) is 0.622. The molecule has 0 aromatic rings. The molecular weight excluding hydrogens is 204 g/mol. The van der Waals surface area contributed by atoms with Crippen LogP contribution in [0.2, 0.25) is 0 Å². The Kier molecular flexibility index (Phi) is 6.92. The number of hydrazine groups is 1. The first kappa shape index (κ1) is 13.3. The Bertz CT molecular complexity index is 202. The van der Waals surface area contributed by atoms with Crippen LogP contribution in [0.1, 0.15) is 32.1 Å². The highest BCUT2D eigenvalue weighted by Gasteiger charge is 2.13. The fourth-order valence-corrected chi connectivity index (χ4v) is 2.08. The molecule has 0 aromatic carbocycles. The van der Waals surface area contributed by atoms with Crippen LogP contribution in [-0.2, 0) is 4.74 Å². The number of nitrogens with one attached hydrogen (secondary N) is 2. The number of methoxy groups -OCH3 is 1. The number of aliphatic imine (C=N–C) groups is 1. The molecule has 0 aliphatic heterocycles. The van der Waals surface area contributed by atoms with Gasteiger partial charge in [-0.25, -0.2) is 5.84 Å². The molecule has 0 atom stereocenters. The monoisotopic (exact) mass is 228 g/mol. The van der Waals surface area contributed by atoms with Gasteiger partial charge in [0.2, 0.25) is 5.96 Å². The normalized spacial score (nSPS) is 17.8. The zero-order valence-corrected chi connectivity index (χ0v) is 10.2. The van der Waals surface area contributed by atoms with E-state index in [9.17, 15) is 0 Å². The molecule has 4 N–H and O–H groups in total. The van der Waals surface area contributed by atoms with Crippen LogP contribution in [0.15, 0.2) is 4.99 Å². The Balaban J connectivity index is 2.12. The predicted molar refractivity (Wildman–Crippen MR) is 66.1 cm³/mol. The molecule has 0 radical (unpaired) electrons. The highest BCUT2D eigenvalue weighted by Crippen LogP contribution is 2.27. The summed E-state index contributed by atoms with van der Waals surface area (Å²) in [6, 6.07) is 0. The lowest BCUT2D eigenvalue weighted by atomic mass is 10.0. The number of hydrogen-bond donors (Lipinski definition) is 3. The van der Waals surface area contributed by atoms with Crippen molar-refractivity contribution in [1.82, 2.24) is 10.7 Å². The smallest absolute Gasteiger partial charge is 0.205 e. The van der Waals surface area contributed by atoms with Gasteiger partial charge in [-0.05, 0) is 12.3 Å². The maximum Gasteiger partial charge on any atom is 0.205 e. The molecule has 0 spiro atoms. The Morgan fingerprint density at radius 1 is 1.44 bits per heavy atom. The first-order chi connectivity index (χ1) is 7.86. The van der Waals surface area contributed by atoms with Crippen LogP contribution in [0.25, 0.3) is 0 Å². The van der Waals surface area contributed by atoms with Gasteiger partial charge in [-0.15, -0.1) is 0 Å². The van der Waals surface area contributed by atoms with E-state index < -0.39 is 0 Å². The van der Waals surface area contributed by atoms with E-state index in [1.807, 2.05) is 0 Å². The topological polar surface area (TPSA) is 71.7 Å². The molecule has 5 heteroatoms. The van der Waals surface area contributed by atoms with E-state index in [1.54, 1.807) is 7.11 Å². The van der Waals surface area contributed by atoms with Gasteiger partial charge in [0.15, 0.2) is 0 Å². The number of rotatable bonds is 6. The maximum absolute atomic E-state index is 5.37. The summed E-state index contributed by atoms with van der Waals surface area (Å²) in [4.78, 5) is 4.39. The second-order valence-corrected chi connectivity index (χ2v) is 4.23. The summed E-state index contributed by atoms with van der Waals surface area (Å²) >= 11 is 0. The molecule has 1 rings (SSSR count). The summed E-state index contributed by atoms with van der Waals surface area (Å²) in [7, 11) is 1.68. The molecular formula is C11H24N4O. The second kappa shape index (κ2) is 8.35. The van der Waals surface area contributed by atoms with E-state index in [0.29, 0.717) is 12.6 Å². The minimum atomic E-state index is 0.656. The van der Waals surface area contributed by atoms with Crippen molar-refractivity contribution < 1.29 is 4.74 Å². The third-order valence-electron chi connectivity index (χ3n) is 3.02. The van der Waals surface area contributed by atoms with Crippen molar-refractivity contribution >= 4 is 5.96 Å². The summed E-state index contributed by atoms with van der Waals surface area (Å²) in [6.45, 7) is 2.23. The number of guanidine groups is 1. The Morgan fingerprint density at radius 2 is 2.19 bits per heavy atom. The third-order valence-corrected chi connectivity index (χ3v) is 3.02. The van der Waals surface area contributed by atoms with Gasteiger partial charge in [0, 0.05) is 20.2 Å². The van der Waals surface area contributed by atoms with Gasteiger partial charge < -0.3 is 10.1 Å². The lowest BCUT2D eigenvalue weighted by Gasteiger charge is -2.10.